The van der Waals surface area contributed by atoms with Crippen molar-refractivity contribution in [1.29, 1.82) is 0 Å². The number of carbonyl (C=O) groups excluding carboxylic acids is 3. The summed E-state index contributed by atoms with van der Waals surface area (Å²) < 4.78 is 9.34. The third kappa shape index (κ3) is 9.04. The van der Waals surface area contributed by atoms with Gasteiger partial charge in [-0.3, -0.25) is 19.1 Å². The molecule has 0 atom stereocenters. The van der Waals surface area contributed by atoms with Crippen LogP contribution < -0.4 is 10.6 Å². The number of likely N-dealkylation sites (tertiary alicyclic amines) is 1. The Morgan fingerprint density at radius 1 is 0.949 bits per heavy atom. The Morgan fingerprint density at radius 3 is 2.31 bits per heavy atom. The molecule has 0 radical (unpaired) electrons. The molecular formula is C42H52Cl2N9O6+. The standard InChI is InChI=1S/C42H51Cl2N9O6/c1-26-17-33(34-22-47-52(27(34)2)13-16-59-4)36(44)19-32(26)37-23-46-39(49(37)3)40(56)48-30-5-6-31(35(43)18-30)42(58)51-11-9-50(10-12-51)41(57)29-7-14-53(15-8-29,25-38(54)55)24-28-20-45-21-28/h5-6,17-19,22-23,28-29,45H,7-16,20-21,24-25H2,1-4H3,(H-,48,54,55,56,58)/p+1. The summed E-state index contributed by atoms with van der Waals surface area (Å²) in [5.74, 6) is -0.889. The molecule has 3 amide bonds. The van der Waals surface area contributed by atoms with Crippen molar-refractivity contribution in [3.63, 3.8) is 0 Å². The van der Waals surface area contributed by atoms with Gasteiger partial charge in [0.15, 0.2) is 12.4 Å². The molecule has 4 aromatic rings. The van der Waals surface area contributed by atoms with Gasteiger partial charge in [-0.25, -0.2) is 9.78 Å². The molecule has 17 heteroatoms. The van der Waals surface area contributed by atoms with Gasteiger partial charge in [-0.15, -0.1) is 0 Å². The van der Waals surface area contributed by atoms with Crippen molar-refractivity contribution in [2.24, 2.45) is 18.9 Å². The number of carboxylic acids is 1. The number of amides is 3. The maximum atomic E-state index is 13.6. The second-order valence-corrected chi connectivity index (χ2v) is 16.9. The van der Waals surface area contributed by atoms with Crippen molar-refractivity contribution in [3.8, 4) is 22.4 Å². The molecule has 2 aromatic heterocycles. The lowest BCUT2D eigenvalue weighted by molar-refractivity contribution is -0.929. The van der Waals surface area contributed by atoms with Gasteiger partial charge in [0.25, 0.3) is 11.8 Å². The SMILES string of the molecule is COCCn1ncc(-c2cc(C)c(-c3cnc(C(=O)Nc4ccc(C(=O)N5CCN(C(=O)C6CC[N+](CC(=O)O)(CC7CNC7)CC6)CC5)c(Cl)c4)n3C)cc2Cl)c1C. The van der Waals surface area contributed by atoms with Gasteiger partial charge in [0.05, 0.1) is 61.5 Å². The summed E-state index contributed by atoms with van der Waals surface area (Å²) in [5, 5.41) is 21.0. The van der Waals surface area contributed by atoms with Crippen LogP contribution in [0.3, 0.4) is 0 Å². The molecule has 3 fully saturated rings. The third-order valence-electron chi connectivity index (χ3n) is 12.3. The highest BCUT2D eigenvalue weighted by Gasteiger charge is 2.42. The lowest BCUT2D eigenvalue weighted by Gasteiger charge is -2.46. The Balaban J connectivity index is 0.939. The first kappa shape index (κ1) is 42.3. The fourth-order valence-corrected chi connectivity index (χ4v) is 9.27. The predicted molar refractivity (Wildman–Crippen MR) is 225 cm³/mol. The summed E-state index contributed by atoms with van der Waals surface area (Å²) in [5.41, 5.74) is 5.98. The van der Waals surface area contributed by atoms with Crippen LogP contribution in [0.15, 0.2) is 42.7 Å². The number of halogens is 2. The Hall–Kier alpha value is -4.80. The molecule has 0 aliphatic carbocycles. The van der Waals surface area contributed by atoms with E-state index in [1.54, 1.807) is 54.2 Å². The molecule has 3 N–H and O–H groups in total. The van der Waals surface area contributed by atoms with Gasteiger partial charge >= 0.3 is 5.97 Å². The van der Waals surface area contributed by atoms with Crippen LogP contribution in [0.5, 0.6) is 0 Å². The summed E-state index contributed by atoms with van der Waals surface area (Å²) in [7, 11) is 3.42. The van der Waals surface area contributed by atoms with Gasteiger partial charge < -0.3 is 39.3 Å². The minimum absolute atomic E-state index is 0.0823. The van der Waals surface area contributed by atoms with E-state index in [1.165, 1.54) is 0 Å². The molecule has 5 heterocycles. The van der Waals surface area contributed by atoms with Crippen LogP contribution in [-0.4, -0.2) is 142 Å². The van der Waals surface area contributed by atoms with Crippen LogP contribution in [0, 0.1) is 25.7 Å². The number of methoxy groups -OCH3 is 1. The van der Waals surface area contributed by atoms with Crippen molar-refractivity contribution in [1.82, 2.24) is 34.4 Å². The zero-order valence-electron chi connectivity index (χ0n) is 34.0. The number of aryl methyl sites for hydroxylation is 1. The van der Waals surface area contributed by atoms with E-state index in [4.69, 9.17) is 27.9 Å². The topological polar surface area (TPSA) is 164 Å². The summed E-state index contributed by atoms with van der Waals surface area (Å²) in [6.07, 6.45) is 4.77. The number of benzene rings is 2. The second kappa shape index (κ2) is 17.8. The first-order valence-corrected chi connectivity index (χ1v) is 20.8. The molecule has 0 unspecified atom stereocenters. The molecular weight excluding hydrogens is 797 g/mol. The van der Waals surface area contributed by atoms with Crippen LogP contribution >= 0.6 is 23.2 Å². The number of aromatic nitrogens is 4. The minimum atomic E-state index is -0.795. The summed E-state index contributed by atoms with van der Waals surface area (Å²) in [6.45, 7) is 10.9. The maximum Gasteiger partial charge on any atom is 0.359 e. The highest BCUT2D eigenvalue weighted by molar-refractivity contribution is 6.34. The number of imidazole rings is 1. The fourth-order valence-electron chi connectivity index (χ4n) is 8.74. The number of ether oxygens (including phenoxy) is 1. The zero-order chi connectivity index (χ0) is 42.0. The van der Waals surface area contributed by atoms with E-state index < -0.39 is 11.9 Å². The van der Waals surface area contributed by atoms with Crippen LogP contribution in [0.1, 0.15) is 45.1 Å². The number of quaternary nitrogens is 1. The van der Waals surface area contributed by atoms with E-state index in [0.29, 0.717) is 97.6 Å². The Bertz CT molecular complexity index is 2240. The smallest absolute Gasteiger partial charge is 0.359 e. The van der Waals surface area contributed by atoms with Crippen molar-refractivity contribution >= 4 is 52.6 Å². The number of carbonyl (C=O) groups is 4. The van der Waals surface area contributed by atoms with Gasteiger partial charge in [0.1, 0.15) is 0 Å². The van der Waals surface area contributed by atoms with Gasteiger partial charge in [-0.2, -0.15) is 5.10 Å². The first-order chi connectivity index (χ1) is 28.3. The number of aliphatic carboxylic acids is 1. The Kier molecular flexibility index (Phi) is 12.8. The summed E-state index contributed by atoms with van der Waals surface area (Å²) in [6, 6.07) is 8.67. The number of hydrogen-bond acceptors (Lipinski definition) is 8. The van der Waals surface area contributed by atoms with Crippen LogP contribution in [-0.2, 0) is 27.9 Å². The Morgan fingerprint density at radius 2 is 1.66 bits per heavy atom. The van der Waals surface area contributed by atoms with Crippen molar-refractivity contribution in [3.05, 3.63) is 75.4 Å². The van der Waals surface area contributed by atoms with Gasteiger partial charge in [0.2, 0.25) is 5.91 Å². The highest BCUT2D eigenvalue weighted by atomic mass is 35.5. The second-order valence-electron chi connectivity index (χ2n) is 16.1. The van der Waals surface area contributed by atoms with E-state index in [2.05, 4.69) is 20.7 Å². The van der Waals surface area contributed by atoms with Crippen molar-refractivity contribution < 1.29 is 33.5 Å². The number of hydrogen-bond donors (Lipinski definition) is 3. The van der Waals surface area contributed by atoms with Crippen molar-refractivity contribution in [2.45, 2.75) is 33.2 Å². The van der Waals surface area contributed by atoms with Crippen LogP contribution in [0.2, 0.25) is 10.0 Å². The van der Waals surface area contributed by atoms with E-state index >= 15 is 0 Å². The fraction of sp³-hybridized carbons (Fsp3) is 0.476. The average Bonchev–Trinajstić information content (AvgIpc) is 3.77. The molecule has 7 rings (SSSR count). The predicted octanol–water partition coefficient (Wildman–Crippen LogP) is 4.59. The van der Waals surface area contributed by atoms with Crippen LogP contribution in [0.4, 0.5) is 5.69 Å². The largest absolute Gasteiger partial charge is 0.477 e. The maximum absolute atomic E-state index is 13.6. The number of piperidine rings is 1. The van der Waals surface area contributed by atoms with E-state index in [-0.39, 0.29) is 35.1 Å². The van der Waals surface area contributed by atoms with E-state index in [9.17, 15) is 24.3 Å². The summed E-state index contributed by atoms with van der Waals surface area (Å²) >= 11 is 13.5. The van der Waals surface area contributed by atoms with E-state index in [1.807, 2.05) is 35.6 Å². The third-order valence-corrected chi connectivity index (χ3v) is 12.9. The molecule has 3 saturated heterocycles. The molecule has 2 aromatic carbocycles. The molecule has 0 bridgehead atoms. The van der Waals surface area contributed by atoms with E-state index in [0.717, 1.165) is 47.6 Å². The average molecular weight is 850 g/mol. The summed E-state index contributed by atoms with van der Waals surface area (Å²) in [4.78, 5) is 60.3. The molecule has 314 valence electrons. The monoisotopic (exact) mass is 848 g/mol. The van der Waals surface area contributed by atoms with Gasteiger partial charge in [0, 0.05) is 111 Å². The molecule has 3 aliphatic rings. The number of rotatable bonds is 13. The number of nitrogens with one attached hydrogen (secondary N) is 2. The number of anilines is 1. The highest BCUT2D eigenvalue weighted by Crippen LogP contribution is 2.37. The zero-order valence-corrected chi connectivity index (χ0v) is 35.5. The molecule has 15 nitrogen and oxygen atoms in total. The lowest BCUT2D eigenvalue weighted by Crippen LogP contribution is -2.62. The van der Waals surface area contributed by atoms with Gasteiger partial charge in [-0.05, 0) is 49.7 Å². The quantitative estimate of drug-likeness (QED) is 0.164. The first-order valence-electron chi connectivity index (χ1n) is 20.1. The van der Waals surface area contributed by atoms with Gasteiger partial charge in [-0.1, -0.05) is 23.2 Å². The number of carboxylic acid groups (broad SMARTS) is 1. The molecule has 3 aliphatic heterocycles. The minimum Gasteiger partial charge on any atom is -0.477 e. The number of nitrogens with zero attached hydrogens (tertiary/aromatic N) is 7. The normalized spacial score (nSPS) is 19.7. The number of piperazine rings is 1. The molecule has 0 saturated carbocycles. The van der Waals surface area contributed by atoms with Crippen LogP contribution in [0.25, 0.3) is 22.4 Å². The Labute approximate surface area is 353 Å². The molecule has 0 spiro atoms. The molecule has 59 heavy (non-hydrogen) atoms. The lowest BCUT2D eigenvalue weighted by atomic mass is 9.90. The van der Waals surface area contributed by atoms with Crippen molar-refractivity contribution in [2.75, 3.05) is 84.5 Å².